The molecule has 1 N–H and O–H groups in total. The van der Waals surface area contributed by atoms with Gasteiger partial charge in [-0.15, -0.1) is 0 Å². The molecule has 0 bridgehead atoms. The van der Waals surface area contributed by atoms with Gasteiger partial charge < -0.3 is 10.1 Å². The standard InChI is InChI=1S/C18H16ClNO3/c1-12(2)11-17(21)23-14-9-7-13(8-10-14)20-18(22)15-5-3-4-6-16(15)19/h3-11H,1-2H3,(H,20,22). The summed E-state index contributed by atoms with van der Waals surface area (Å²) in [4.78, 5) is 23.7. The predicted molar refractivity (Wildman–Crippen MR) is 90.9 cm³/mol. The molecule has 0 aliphatic heterocycles. The van der Waals surface area contributed by atoms with Crippen LogP contribution < -0.4 is 10.1 Å². The fourth-order valence-electron chi connectivity index (χ4n) is 1.83. The van der Waals surface area contributed by atoms with Crippen molar-refractivity contribution in [2.75, 3.05) is 5.32 Å². The minimum Gasteiger partial charge on any atom is -0.423 e. The van der Waals surface area contributed by atoms with Crippen molar-refractivity contribution in [1.82, 2.24) is 0 Å². The summed E-state index contributed by atoms with van der Waals surface area (Å²) in [5.41, 5.74) is 1.84. The zero-order valence-electron chi connectivity index (χ0n) is 12.8. The predicted octanol–water partition coefficient (Wildman–Crippen LogP) is 4.46. The van der Waals surface area contributed by atoms with Gasteiger partial charge in [0.05, 0.1) is 10.6 Å². The van der Waals surface area contributed by atoms with E-state index in [4.69, 9.17) is 16.3 Å². The molecule has 0 spiro atoms. The van der Waals surface area contributed by atoms with E-state index >= 15 is 0 Å². The third kappa shape index (κ3) is 4.97. The van der Waals surface area contributed by atoms with E-state index in [1.807, 2.05) is 13.8 Å². The van der Waals surface area contributed by atoms with E-state index in [0.29, 0.717) is 22.0 Å². The average molecular weight is 330 g/mol. The Hall–Kier alpha value is -2.59. The maximum atomic E-state index is 12.1. The van der Waals surface area contributed by atoms with Crippen LogP contribution in [-0.4, -0.2) is 11.9 Å². The topological polar surface area (TPSA) is 55.4 Å². The molecule has 2 aromatic rings. The number of benzene rings is 2. The Morgan fingerprint density at radius 2 is 1.70 bits per heavy atom. The first-order valence-corrected chi connectivity index (χ1v) is 7.36. The molecule has 0 saturated carbocycles. The quantitative estimate of drug-likeness (QED) is 0.511. The van der Waals surface area contributed by atoms with Crippen LogP contribution in [-0.2, 0) is 4.79 Å². The van der Waals surface area contributed by atoms with E-state index in [0.717, 1.165) is 5.57 Å². The Balaban J connectivity index is 2.03. The van der Waals surface area contributed by atoms with Gasteiger partial charge in [-0.1, -0.05) is 29.3 Å². The average Bonchev–Trinajstić information content (AvgIpc) is 2.48. The molecular formula is C18H16ClNO3. The smallest absolute Gasteiger partial charge is 0.336 e. The van der Waals surface area contributed by atoms with E-state index < -0.39 is 5.97 Å². The van der Waals surface area contributed by atoms with Gasteiger partial charge in [-0.2, -0.15) is 0 Å². The van der Waals surface area contributed by atoms with Gasteiger partial charge >= 0.3 is 5.97 Å². The number of amides is 1. The van der Waals surface area contributed by atoms with Crippen LogP contribution in [0.4, 0.5) is 5.69 Å². The summed E-state index contributed by atoms with van der Waals surface area (Å²) in [5.74, 6) is -0.328. The van der Waals surface area contributed by atoms with Gasteiger partial charge in [-0.25, -0.2) is 4.79 Å². The largest absolute Gasteiger partial charge is 0.423 e. The molecule has 118 valence electrons. The van der Waals surface area contributed by atoms with Gasteiger partial charge in [0.1, 0.15) is 5.75 Å². The highest BCUT2D eigenvalue weighted by atomic mass is 35.5. The molecule has 23 heavy (non-hydrogen) atoms. The number of esters is 1. The van der Waals surface area contributed by atoms with Crippen LogP contribution in [0.5, 0.6) is 5.75 Å². The molecule has 0 heterocycles. The molecule has 2 rings (SSSR count). The third-order valence-electron chi connectivity index (χ3n) is 2.86. The van der Waals surface area contributed by atoms with Crippen molar-refractivity contribution in [2.45, 2.75) is 13.8 Å². The first kappa shape index (κ1) is 16.8. The van der Waals surface area contributed by atoms with Crippen molar-refractivity contribution >= 4 is 29.2 Å². The van der Waals surface area contributed by atoms with Crippen molar-refractivity contribution in [3.05, 3.63) is 70.8 Å². The highest BCUT2D eigenvalue weighted by Crippen LogP contribution is 2.19. The van der Waals surface area contributed by atoms with E-state index in [-0.39, 0.29) is 5.91 Å². The molecule has 2 aromatic carbocycles. The van der Waals surface area contributed by atoms with Gasteiger partial charge in [0.15, 0.2) is 0 Å². The molecule has 0 radical (unpaired) electrons. The fraction of sp³-hybridized carbons (Fsp3) is 0.111. The van der Waals surface area contributed by atoms with Crippen LogP contribution in [0.25, 0.3) is 0 Å². The number of allylic oxidation sites excluding steroid dienone is 1. The Labute approximate surface area is 139 Å². The molecule has 4 nitrogen and oxygen atoms in total. The van der Waals surface area contributed by atoms with Gasteiger partial charge in [0.2, 0.25) is 0 Å². The molecule has 0 fully saturated rings. The summed E-state index contributed by atoms with van der Waals surface area (Å²) < 4.78 is 5.14. The Morgan fingerprint density at radius 3 is 2.30 bits per heavy atom. The zero-order chi connectivity index (χ0) is 16.8. The first-order valence-electron chi connectivity index (χ1n) is 6.98. The second-order valence-corrected chi connectivity index (χ2v) is 5.51. The molecule has 0 saturated heterocycles. The van der Waals surface area contributed by atoms with Crippen molar-refractivity contribution in [3.63, 3.8) is 0 Å². The summed E-state index contributed by atoms with van der Waals surface area (Å²) in [7, 11) is 0. The Bertz CT molecular complexity index is 747. The Kier molecular flexibility index (Phi) is 5.55. The first-order chi connectivity index (χ1) is 11.0. The number of carbonyl (C=O) groups excluding carboxylic acids is 2. The lowest BCUT2D eigenvalue weighted by molar-refractivity contribution is -0.129. The van der Waals surface area contributed by atoms with Crippen molar-refractivity contribution in [3.8, 4) is 5.75 Å². The number of carbonyl (C=O) groups is 2. The van der Waals surface area contributed by atoms with E-state index in [1.54, 1.807) is 48.5 Å². The highest BCUT2D eigenvalue weighted by molar-refractivity contribution is 6.34. The van der Waals surface area contributed by atoms with Crippen LogP contribution in [0.3, 0.4) is 0 Å². The normalized spacial score (nSPS) is 9.87. The summed E-state index contributed by atoms with van der Waals surface area (Å²) in [6, 6.07) is 13.3. The molecule has 0 unspecified atom stereocenters. The summed E-state index contributed by atoms with van der Waals surface area (Å²) >= 11 is 5.99. The number of hydrogen-bond donors (Lipinski definition) is 1. The molecule has 0 aromatic heterocycles. The number of hydrogen-bond acceptors (Lipinski definition) is 3. The van der Waals surface area contributed by atoms with E-state index in [1.165, 1.54) is 6.08 Å². The summed E-state index contributed by atoms with van der Waals surface area (Å²) in [6.07, 6.45) is 1.41. The van der Waals surface area contributed by atoms with Gasteiger partial charge in [0, 0.05) is 11.8 Å². The molecule has 1 amide bonds. The highest BCUT2D eigenvalue weighted by Gasteiger charge is 2.10. The lowest BCUT2D eigenvalue weighted by atomic mass is 10.2. The summed E-state index contributed by atoms with van der Waals surface area (Å²) in [5, 5.41) is 3.12. The number of ether oxygens (including phenoxy) is 1. The van der Waals surface area contributed by atoms with Gasteiger partial charge in [-0.3, -0.25) is 4.79 Å². The lowest BCUT2D eigenvalue weighted by Gasteiger charge is -2.07. The monoisotopic (exact) mass is 329 g/mol. The second-order valence-electron chi connectivity index (χ2n) is 5.10. The van der Waals surface area contributed by atoms with Crippen LogP contribution >= 0.6 is 11.6 Å². The van der Waals surface area contributed by atoms with Crippen molar-refractivity contribution < 1.29 is 14.3 Å². The minimum absolute atomic E-state index is 0.301. The minimum atomic E-state index is -0.433. The molecular weight excluding hydrogens is 314 g/mol. The van der Waals surface area contributed by atoms with Gasteiger partial charge in [0.25, 0.3) is 5.91 Å². The molecule has 5 heteroatoms. The van der Waals surface area contributed by atoms with E-state index in [2.05, 4.69) is 5.32 Å². The maximum Gasteiger partial charge on any atom is 0.336 e. The second kappa shape index (κ2) is 7.61. The molecule has 0 atom stereocenters. The van der Waals surface area contributed by atoms with Gasteiger partial charge in [-0.05, 0) is 50.2 Å². The number of anilines is 1. The van der Waals surface area contributed by atoms with Crippen LogP contribution in [0.1, 0.15) is 24.2 Å². The summed E-state index contributed by atoms with van der Waals surface area (Å²) in [6.45, 7) is 3.63. The third-order valence-corrected chi connectivity index (χ3v) is 3.19. The molecule has 0 aliphatic rings. The van der Waals surface area contributed by atoms with Crippen LogP contribution in [0.15, 0.2) is 60.2 Å². The Morgan fingerprint density at radius 1 is 1.04 bits per heavy atom. The SMILES string of the molecule is CC(C)=CC(=O)Oc1ccc(NC(=O)c2ccccc2Cl)cc1. The number of nitrogens with one attached hydrogen (secondary N) is 1. The van der Waals surface area contributed by atoms with Crippen LogP contribution in [0, 0.1) is 0 Å². The zero-order valence-corrected chi connectivity index (χ0v) is 13.6. The van der Waals surface area contributed by atoms with Crippen molar-refractivity contribution in [2.24, 2.45) is 0 Å². The number of halogens is 1. The van der Waals surface area contributed by atoms with Crippen molar-refractivity contribution in [1.29, 1.82) is 0 Å². The lowest BCUT2D eigenvalue weighted by Crippen LogP contribution is -2.12. The fourth-order valence-corrected chi connectivity index (χ4v) is 2.05. The van der Waals surface area contributed by atoms with Crippen LogP contribution in [0.2, 0.25) is 5.02 Å². The number of rotatable bonds is 4. The van der Waals surface area contributed by atoms with E-state index in [9.17, 15) is 9.59 Å². The maximum absolute atomic E-state index is 12.1. The molecule has 0 aliphatic carbocycles.